The van der Waals surface area contributed by atoms with E-state index in [1.807, 2.05) is 72.9 Å². The number of benzene rings is 3. The maximum atomic E-state index is 12.5. The van der Waals surface area contributed by atoms with Crippen molar-refractivity contribution < 1.29 is 14.3 Å². The molecule has 1 amide bonds. The Morgan fingerprint density at radius 3 is 2.44 bits per heavy atom. The molecule has 1 N–H and O–H groups in total. The zero-order chi connectivity index (χ0) is 25.3. The highest BCUT2D eigenvalue weighted by atomic mass is 79.9. The van der Waals surface area contributed by atoms with Crippen LogP contribution in [0.2, 0.25) is 0 Å². The smallest absolute Gasteiger partial charge is 0.280 e. The van der Waals surface area contributed by atoms with Gasteiger partial charge in [0.1, 0.15) is 17.2 Å². The lowest BCUT2D eigenvalue weighted by Gasteiger charge is -2.12. The van der Waals surface area contributed by atoms with E-state index in [-0.39, 0.29) is 5.91 Å². The molecule has 0 bridgehead atoms. The second-order valence-corrected chi connectivity index (χ2v) is 8.95. The second-order valence-electron chi connectivity index (χ2n) is 8.03. The quantitative estimate of drug-likeness (QED) is 0.195. The lowest BCUT2D eigenvalue weighted by Crippen LogP contribution is -2.33. The number of rotatable bonds is 10. The predicted octanol–water partition coefficient (Wildman–Crippen LogP) is 6.01. The van der Waals surface area contributed by atoms with Crippen molar-refractivity contribution in [1.29, 1.82) is 0 Å². The van der Waals surface area contributed by atoms with Gasteiger partial charge < -0.3 is 9.47 Å². The minimum absolute atomic E-state index is 0.358. The standard InChI is InChI=1S/C28H27BrN4O3/c1-3-17-35-25-13-9-21(10-14-25)27-22(19-33(32-27)24-7-5-4-6-8-24)18-30-31-28(34)20(2)36-26-15-11-23(29)12-16-26/h4-16,18-20H,3,17H2,1-2H3,(H,31,34)/b30-18+. The highest BCUT2D eigenvalue weighted by Gasteiger charge is 2.15. The number of nitrogens with one attached hydrogen (secondary N) is 1. The lowest BCUT2D eigenvalue weighted by molar-refractivity contribution is -0.127. The lowest BCUT2D eigenvalue weighted by atomic mass is 10.1. The number of hydrazone groups is 1. The highest BCUT2D eigenvalue weighted by Crippen LogP contribution is 2.25. The average molecular weight is 547 g/mol. The summed E-state index contributed by atoms with van der Waals surface area (Å²) in [6.45, 7) is 4.42. The van der Waals surface area contributed by atoms with Crippen LogP contribution in [0.4, 0.5) is 0 Å². The summed E-state index contributed by atoms with van der Waals surface area (Å²) in [5, 5.41) is 8.96. The first-order valence-electron chi connectivity index (χ1n) is 11.7. The molecule has 0 fully saturated rings. The molecule has 3 aromatic carbocycles. The van der Waals surface area contributed by atoms with Crippen LogP contribution >= 0.6 is 15.9 Å². The van der Waals surface area contributed by atoms with Crippen LogP contribution in [0.3, 0.4) is 0 Å². The van der Waals surface area contributed by atoms with Crippen LogP contribution in [-0.4, -0.2) is 34.6 Å². The Labute approximate surface area is 218 Å². The molecule has 4 aromatic rings. The van der Waals surface area contributed by atoms with Gasteiger partial charge in [0.2, 0.25) is 0 Å². The summed E-state index contributed by atoms with van der Waals surface area (Å²) in [5.74, 6) is 1.05. The normalized spacial score (nSPS) is 11.9. The molecule has 184 valence electrons. The SMILES string of the molecule is CCCOc1ccc(-c2nn(-c3ccccc3)cc2/C=N/NC(=O)C(C)Oc2ccc(Br)cc2)cc1. The number of nitrogens with zero attached hydrogens (tertiary/aromatic N) is 3. The molecule has 0 aliphatic heterocycles. The zero-order valence-corrected chi connectivity index (χ0v) is 21.7. The number of aromatic nitrogens is 2. The van der Waals surface area contributed by atoms with Gasteiger partial charge in [-0.25, -0.2) is 10.1 Å². The van der Waals surface area contributed by atoms with Crippen molar-refractivity contribution in [3.63, 3.8) is 0 Å². The minimum Gasteiger partial charge on any atom is -0.494 e. The Balaban J connectivity index is 1.51. The molecule has 36 heavy (non-hydrogen) atoms. The number of halogens is 1. The van der Waals surface area contributed by atoms with Crippen LogP contribution in [0.15, 0.2) is 94.6 Å². The number of ether oxygens (including phenoxy) is 2. The molecule has 1 unspecified atom stereocenters. The van der Waals surface area contributed by atoms with Gasteiger partial charge in [0.05, 0.1) is 18.5 Å². The summed E-state index contributed by atoms with van der Waals surface area (Å²) < 4.78 is 14.1. The molecule has 0 radical (unpaired) electrons. The van der Waals surface area contributed by atoms with Crippen molar-refractivity contribution >= 4 is 28.1 Å². The summed E-state index contributed by atoms with van der Waals surface area (Å²) in [6, 6.07) is 24.9. The third kappa shape index (κ3) is 6.60. The molecular weight excluding hydrogens is 520 g/mol. The first-order chi connectivity index (χ1) is 17.5. The monoisotopic (exact) mass is 546 g/mol. The molecule has 4 rings (SSSR count). The van der Waals surface area contributed by atoms with Crippen molar-refractivity contribution in [2.24, 2.45) is 5.10 Å². The van der Waals surface area contributed by atoms with E-state index in [0.717, 1.165) is 39.2 Å². The van der Waals surface area contributed by atoms with Crippen LogP contribution in [0.1, 0.15) is 25.8 Å². The van der Waals surface area contributed by atoms with E-state index in [4.69, 9.17) is 14.6 Å². The number of amides is 1. The van der Waals surface area contributed by atoms with E-state index < -0.39 is 6.10 Å². The van der Waals surface area contributed by atoms with Gasteiger partial charge in [0, 0.05) is 21.8 Å². The summed E-state index contributed by atoms with van der Waals surface area (Å²) in [6.07, 6.45) is 3.70. The van der Waals surface area contributed by atoms with E-state index in [0.29, 0.717) is 12.4 Å². The molecule has 1 atom stereocenters. The van der Waals surface area contributed by atoms with Gasteiger partial charge in [-0.3, -0.25) is 4.79 Å². The Morgan fingerprint density at radius 2 is 1.75 bits per heavy atom. The van der Waals surface area contributed by atoms with Crippen molar-refractivity contribution in [1.82, 2.24) is 15.2 Å². The molecule has 0 saturated carbocycles. The number of carbonyl (C=O) groups excluding carboxylic acids is 1. The van der Waals surface area contributed by atoms with Gasteiger partial charge in [-0.1, -0.05) is 41.1 Å². The Kier molecular flexibility index (Phi) is 8.52. The van der Waals surface area contributed by atoms with Crippen molar-refractivity contribution in [2.75, 3.05) is 6.61 Å². The third-order valence-electron chi connectivity index (χ3n) is 5.24. The molecule has 7 nitrogen and oxygen atoms in total. The van der Waals surface area contributed by atoms with Gasteiger partial charge in [0.25, 0.3) is 5.91 Å². The van der Waals surface area contributed by atoms with Gasteiger partial charge in [-0.05, 0) is 74.0 Å². The van der Waals surface area contributed by atoms with Gasteiger partial charge in [0.15, 0.2) is 6.10 Å². The summed E-state index contributed by atoms with van der Waals surface area (Å²) in [7, 11) is 0. The first-order valence-corrected chi connectivity index (χ1v) is 12.5. The third-order valence-corrected chi connectivity index (χ3v) is 5.77. The van der Waals surface area contributed by atoms with E-state index in [1.54, 1.807) is 30.0 Å². The molecular formula is C28H27BrN4O3. The summed E-state index contributed by atoms with van der Waals surface area (Å²) in [4.78, 5) is 12.5. The largest absolute Gasteiger partial charge is 0.494 e. The maximum Gasteiger partial charge on any atom is 0.280 e. The van der Waals surface area contributed by atoms with Gasteiger partial charge in [-0.15, -0.1) is 0 Å². The van der Waals surface area contributed by atoms with E-state index in [1.165, 1.54) is 0 Å². The van der Waals surface area contributed by atoms with Crippen LogP contribution in [-0.2, 0) is 4.79 Å². The molecule has 8 heteroatoms. The second kappa shape index (κ2) is 12.2. The Bertz CT molecular complexity index is 1300. The van der Waals surface area contributed by atoms with Gasteiger partial charge in [-0.2, -0.15) is 10.2 Å². The first kappa shape index (κ1) is 25.2. The predicted molar refractivity (Wildman–Crippen MR) is 145 cm³/mol. The Morgan fingerprint density at radius 1 is 1.06 bits per heavy atom. The van der Waals surface area contributed by atoms with Gasteiger partial charge >= 0.3 is 0 Å². The molecule has 1 aromatic heterocycles. The molecule has 0 spiro atoms. The summed E-state index contributed by atoms with van der Waals surface area (Å²) >= 11 is 3.38. The van der Waals surface area contributed by atoms with E-state index in [9.17, 15) is 4.79 Å². The Hall–Kier alpha value is -3.91. The topological polar surface area (TPSA) is 77.7 Å². The molecule has 1 heterocycles. The molecule has 0 aliphatic rings. The van der Waals surface area contributed by atoms with Crippen LogP contribution in [0, 0.1) is 0 Å². The fourth-order valence-electron chi connectivity index (χ4n) is 3.38. The van der Waals surface area contributed by atoms with Crippen molar-refractivity contribution in [3.8, 4) is 28.4 Å². The van der Waals surface area contributed by atoms with Crippen LogP contribution < -0.4 is 14.9 Å². The van der Waals surface area contributed by atoms with Crippen LogP contribution in [0.5, 0.6) is 11.5 Å². The summed E-state index contributed by atoms with van der Waals surface area (Å²) in [5.41, 5.74) is 5.88. The van der Waals surface area contributed by atoms with Crippen LogP contribution in [0.25, 0.3) is 16.9 Å². The number of carbonyl (C=O) groups is 1. The molecule has 0 aliphatic carbocycles. The number of hydrogen-bond donors (Lipinski definition) is 1. The van der Waals surface area contributed by atoms with Crippen molar-refractivity contribution in [3.05, 3.63) is 95.1 Å². The molecule has 0 saturated heterocycles. The number of para-hydroxylation sites is 1. The highest BCUT2D eigenvalue weighted by molar-refractivity contribution is 9.10. The fourth-order valence-corrected chi connectivity index (χ4v) is 3.64. The minimum atomic E-state index is -0.717. The maximum absolute atomic E-state index is 12.5. The van der Waals surface area contributed by atoms with E-state index >= 15 is 0 Å². The van der Waals surface area contributed by atoms with Crippen molar-refractivity contribution in [2.45, 2.75) is 26.4 Å². The van der Waals surface area contributed by atoms with E-state index in [2.05, 4.69) is 33.4 Å². The number of hydrogen-bond acceptors (Lipinski definition) is 5. The fraction of sp³-hybridized carbons (Fsp3) is 0.179. The average Bonchev–Trinajstić information content (AvgIpc) is 3.33. The zero-order valence-electron chi connectivity index (χ0n) is 20.1.